The van der Waals surface area contributed by atoms with Crippen molar-refractivity contribution >= 4 is 11.6 Å². The molecule has 0 bridgehead atoms. The molecule has 4 rings (SSSR count). The predicted molar refractivity (Wildman–Crippen MR) is 114 cm³/mol. The summed E-state index contributed by atoms with van der Waals surface area (Å²) < 4.78 is 24.7. The van der Waals surface area contributed by atoms with Gasteiger partial charge in [0.15, 0.2) is 11.6 Å². The highest BCUT2D eigenvalue weighted by Gasteiger charge is 2.35. The van der Waals surface area contributed by atoms with Crippen LogP contribution in [-0.2, 0) is 0 Å². The number of carbonyl (C=O) groups excluding carboxylic acids is 1. The average molecular weight is 422 g/mol. The molecule has 1 aromatic heterocycles. The summed E-state index contributed by atoms with van der Waals surface area (Å²) in [6.07, 6.45) is 0. The minimum absolute atomic E-state index is 0.138. The number of urea groups is 1. The summed E-state index contributed by atoms with van der Waals surface area (Å²) in [5.74, 6) is 0.146. The van der Waals surface area contributed by atoms with Crippen LogP contribution >= 0.6 is 0 Å². The van der Waals surface area contributed by atoms with Crippen molar-refractivity contribution in [2.45, 2.75) is 26.8 Å². The molecule has 8 heteroatoms. The van der Waals surface area contributed by atoms with Gasteiger partial charge < -0.3 is 14.6 Å². The summed E-state index contributed by atoms with van der Waals surface area (Å²) in [6, 6.07) is 11.7. The van der Waals surface area contributed by atoms with E-state index in [-0.39, 0.29) is 23.5 Å². The molecule has 160 valence electrons. The Hall–Kier alpha value is -3.68. The molecule has 0 saturated carbocycles. The molecule has 1 aliphatic rings. The second kappa shape index (κ2) is 8.22. The average Bonchev–Trinajstić information content (AvgIpc) is 3.24. The number of nitrogens with zero attached hydrogens (tertiary/aromatic N) is 3. The molecule has 0 aliphatic carbocycles. The molecule has 0 saturated heterocycles. The number of hydrogen-bond donors (Lipinski definition) is 1. The van der Waals surface area contributed by atoms with E-state index in [1.165, 1.54) is 19.2 Å². The highest BCUT2D eigenvalue weighted by atomic mass is 19.1. The van der Waals surface area contributed by atoms with E-state index in [1.807, 2.05) is 45.0 Å². The van der Waals surface area contributed by atoms with Gasteiger partial charge in [0.25, 0.3) is 5.89 Å². The minimum atomic E-state index is -0.513. The fourth-order valence-corrected chi connectivity index (χ4v) is 3.70. The summed E-state index contributed by atoms with van der Waals surface area (Å²) in [5.41, 5.74) is 3.92. The molecular weight excluding hydrogens is 399 g/mol. The monoisotopic (exact) mass is 422 g/mol. The van der Waals surface area contributed by atoms with Gasteiger partial charge >= 0.3 is 6.03 Å². The highest BCUT2D eigenvalue weighted by Crippen LogP contribution is 2.37. The Morgan fingerprint density at radius 2 is 1.94 bits per heavy atom. The first kappa shape index (κ1) is 20.6. The van der Waals surface area contributed by atoms with Crippen molar-refractivity contribution in [1.29, 1.82) is 0 Å². The number of aromatic nitrogens is 2. The fraction of sp³-hybridized carbons (Fsp3) is 0.261. The van der Waals surface area contributed by atoms with Gasteiger partial charge in [0.05, 0.1) is 18.7 Å². The molecule has 1 unspecified atom stereocenters. The van der Waals surface area contributed by atoms with Gasteiger partial charge in [-0.05, 0) is 44.5 Å². The molecule has 7 nitrogen and oxygen atoms in total. The van der Waals surface area contributed by atoms with Gasteiger partial charge in [-0.1, -0.05) is 35.0 Å². The van der Waals surface area contributed by atoms with Crippen LogP contribution in [0.25, 0.3) is 17.0 Å². The van der Waals surface area contributed by atoms with Crippen molar-refractivity contribution in [1.82, 2.24) is 20.4 Å². The van der Waals surface area contributed by atoms with Gasteiger partial charge in [-0.2, -0.15) is 4.98 Å². The van der Waals surface area contributed by atoms with Gasteiger partial charge in [0.2, 0.25) is 5.82 Å². The van der Waals surface area contributed by atoms with E-state index in [2.05, 4.69) is 15.5 Å². The molecule has 3 aromatic rings. The lowest BCUT2D eigenvalue weighted by atomic mass is 9.94. The summed E-state index contributed by atoms with van der Waals surface area (Å²) in [7, 11) is 1.40. The van der Waals surface area contributed by atoms with E-state index >= 15 is 0 Å². The van der Waals surface area contributed by atoms with Crippen molar-refractivity contribution in [3.8, 4) is 17.1 Å². The Kier molecular flexibility index (Phi) is 5.46. The highest BCUT2D eigenvalue weighted by molar-refractivity contribution is 5.86. The normalized spacial score (nSPS) is 16.5. The van der Waals surface area contributed by atoms with Gasteiger partial charge in [0.1, 0.15) is 0 Å². The Bertz CT molecular complexity index is 1150. The number of nitrogens with one attached hydrogen (secondary N) is 1. The molecule has 2 heterocycles. The standard InChI is InChI=1S/C23H23FN4O3/c1-5-28-14(3)19(20(25-23(28)29)15-8-6-13(2)7-9-15)22-26-21(27-31-22)16-10-11-18(30-4)17(24)12-16/h6-12,20H,5H2,1-4H3,(H,25,29). The number of hydrogen-bond acceptors (Lipinski definition) is 5. The van der Waals surface area contributed by atoms with Crippen molar-refractivity contribution in [3.63, 3.8) is 0 Å². The molecule has 1 N–H and O–H groups in total. The summed E-state index contributed by atoms with van der Waals surface area (Å²) in [5, 5.41) is 7.08. The first-order valence-corrected chi connectivity index (χ1v) is 9.96. The Balaban J connectivity index is 1.79. The number of ether oxygens (including phenoxy) is 1. The Morgan fingerprint density at radius 1 is 1.19 bits per heavy atom. The Labute approximate surface area is 179 Å². The number of methoxy groups -OCH3 is 1. The third-order valence-electron chi connectivity index (χ3n) is 5.39. The van der Waals surface area contributed by atoms with Crippen LogP contribution in [-0.4, -0.2) is 34.7 Å². The summed E-state index contributed by atoms with van der Waals surface area (Å²) >= 11 is 0. The van der Waals surface area contributed by atoms with Crippen LogP contribution in [0.15, 0.2) is 52.7 Å². The van der Waals surface area contributed by atoms with Gasteiger partial charge in [-0.15, -0.1) is 0 Å². The molecule has 0 spiro atoms. The molecule has 0 radical (unpaired) electrons. The second-order valence-electron chi connectivity index (χ2n) is 7.31. The number of aryl methyl sites for hydroxylation is 1. The predicted octanol–water partition coefficient (Wildman–Crippen LogP) is 4.71. The van der Waals surface area contributed by atoms with Crippen LogP contribution in [0.3, 0.4) is 0 Å². The lowest BCUT2D eigenvalue weighted by molar-refractivity contribution is 0.207. The zero-order chi connectivity index (χ0) is 22.1. The quantitative estimate of drug-likeness (QED) is 0.644. The van der Waals surface area contributed by atoms with E-state index in [9.17, 15) is 9.18 Å². The van der Waals surface area contributed by atoms with E-state index in [0.717, 1.165) is 16.8 Å². The number of carbonyl (C=O) groups is 1. The zero-order valence-electron chi connectivity index (χ0n) is 17.8. The van der Waals surface area contributed by atoms with Crippen molar-refractivity contribution in [3.05, 3.63) is 71.0 Å². The van der Waals surface area contributed by atoms with Crippen molar-refractivity contribution in [2.24, 2.45) is 0 Å². The molecule has 0 fully saturated rings. The topological polar surface area (TPSA) is 80.5 Å². The molecule has 2 aromatic carbocycles. The maximum Gasteiger partial charge on any atom is 0.322 e. The largest absolute Gasteiger partial charge is 0.494 e. The van der Waals surface area contributed by atoms with Gasteiger partial charge in [-0.3, -0.25) is 4.90 Å². The van der Waals surface area contributed by atoms with E-state index < -0.39 is 11.9 Å². The Morgan fingerprint density at radius 3 is 2.58 bits per heavy atom. The number of benzene rings is 2. The number of allylic oxidation sites excluding steroid dienone is 1. The van der Waals surface area contributed by atoms with Crippen LogP contribution < -0.4 is 10.1 Å². The maximum atomic E-state index is 14.1. The van der Waals surface area contributed by atoms with Gasteiger partial charge in [0, 0.05) is 17.8 Å². The van der Waals surface area contributed by atoms with Crippen LogP contribution in [0.5, 0.6) is 5.75 Å². The molecule has 31 heavy (non-hydrogen) atoms. The van der Waals surface area contributed by atoms with E-state index in [1.54, 1.807) is 11.0 Å². The number of amides is 2. The van der Waals surface area contributed by atoms with Crippen LogP contribution in [0.1, 0.15) is 36.9 Å². The first-order chi connectivity index (χ1) is 14.9. The third-order valence-corrected chi connectivity index (χ3v) is 5.39. The van der Waals surface area contributed by atoms with Crippen LogP contribution in [0.4, 0.5) is 9.18 Å². The maximum absolute atomic E-state index is 14.1. The SMILES string of the molecule is CCN1C(=O)NC(c2ccc(C)cc2)C(c2nc(-c3ccc(OC)c(F)c3)no2)=C1C. The van der Waals surface area contributed by atoms with Crippen LogP contribution in [0.2, 0.25) is 0 Å². The van der Waals surface area contributed by atoms with Gasteiger partial charge in [-0.25, -0.2) is 9.18 Å². The molecule has 1 atom stereocenters. The van der Waals surface area contributed by atoms with Crippen molar-refractivity contribution < 1.29 is 18.4 Å². The lowest BCUT2D eigenvalue weighted by Gasteiger charge is -2.34. The third kappa shape index (κ3) is 3.76. The molecular formula is C23H23FN4O3. The van der Waals surface area contributed by atoms with Crippen molar-refractivity contribution in [2.75, 3.05) is 13.7 Å². The fourth-order valence-electron chi connectivity index (χ4n) is 3.70. The number of rotatable bonds is 5. The second-order valence-corrected chi connectivity index (χ2v) is 7.31. The first-order valence-electron chi connectivity index (χ1n) is 9.96. The number of halogens is 1. The van der Waals surface area contributed by atoms with E-state index in [0.29, 0.717) is 17.7 Å². The smallest absolute Gasteiger partial charge is 0.322 e. The lowest BCUT2D eigenvalue weighted by Crippen LogP contribution is -2.45. The zero-order valence-corrected chi connectivity index (χ0v) is 17.8. The summed E-state index contributed by atoms with van der Waals surface area (Å²) in [4.78, 5) is 18.8. The van der Waals surface area contributed by atoms with E-state index in [4.69, 9.17) is 9.26 Å². The summed E-state index contributed by atoms with van der Waals surface area (Å²) in [6.45, 7) is 6.25. The molecule has 2 amide bonds. The minimum Gasteiger partial charge on any atom is -0.494 e. The molecule has 1 aliphatic heterocycles. The van der Waals surface area contributed by atoms with Crippen LogP contribution in [0, 0.1) is 12.7 Å².